The summed E-state index contributed by atoms with van der Waals surface area (Å²) in [6.07, 6.45) is 1.89. The molecule has 1 atom stereocenters. The van der Waals surface area contributed by atoms with Gasteiger partial charge in [0.1, 0.15) is 0 Å². The molecule has 2 rings (SSSR count). The van der Waals surface area contributed by atoms with Gasteiger partial charge in [-0.05, 0) is 44.5 Å². The second kappa shape index (κ2) is 6.33. The topological polar surface area (TPSA) is 70.2 Å². The molecular weight excluding hydrogens is 242 g/mol. The van der Waals surface area contributed by atoms with Gasteiger partial charge in [-0.25, -0.2) is 0 Å². The second-order valence-corrected chi connectivity index (χ2v) is 4.58. The summed E-state index contributed by atoms with van der Waals surface area (Å²) in [5, 5.41) is 8.72. The molecule has 0 spiro atoms. The van der Waals surface area contributed by atoms with Crippen LogP contribution in [0.25, 0.3) is 0 Å². The van der Waals surface area contributed by atoms with Gasteiger partial charge in [0, 0.05) is 17.8 Å². The first-order valence-electron chi connectivity index (χ1n) is 6.63. The molecule has 0 radical (unpaired) electrons. The van der Waals surface area contributed by atoms with Crippen LogP contribution in [0.15, 0.2) is 24.3 Å². The van der Waals surface area contributed by atoms with Crippen LogP contribution in [0, 0.1) is 0 Å². The first-order valence-corrected chi connectivity index (χ1v) is 6.63. The average molecular weight is 261 g/mol. The molecule has 19 heavy (non-hydrogen) atoms. The highest BCUT2D eigenvalue weighted by atomic mass is 16.2. The van der Waals surface area contributed by atoms with Crippen LogP contribution < -0.4 is 16.0 Å². The number of carbonyl (C=O) groups excluding carboxylic acids is 2. The highest BCUT2D eigenvalue weighted by molar-refractivity contribution is 5.98. The average Bonchev–Trinajstić information content (AvgIpc) is 2.93. The number of nitrogens with one attached hydrogen (secondary N) is 3. The lowest BCUT2D eigenvalue weighted by molar-refractivity contribution is -0.117. The van der Waals surface area contributed by atoms with Gasteiger partial charge in [-0.15, -0.1) is 0 Å². The highest BCUT2D eigenvalue weighted by Crippen LogP contribution is 2.13. The van der Waals surface area contributed by atoms with Crippen molar-refractivity contribution in [3.8, 4) is 0 Å². The van der Waals surface area contributed by atoms with Gasteiger partial charge in [0.15, 0.2) is 0 Å². The second-order valence-electron chi connectivity index (χ2n) is 4.58. The predicted molar refractivity (Wildman–Crippen MR) is 74.1 cm³/mol. The van der Waals surface area contributed by atoms with E-state index < -0.39 is 0 Å². The van der Waals surface area contributed by atoms with Gasteiger partial charge in [0.2, 0.25) is 5.91 Å². The smallest absolute Gasteiger partial charge is 0.251 e. The third-order valence-corrected chi connectivity index (χ3v) is 3.11. The molecular formula is C14H19N3O2. The summed E-state index contributed by atoms with van der Waals surface area (Å²) in [6.45, 7) is 3.34. The first kappa shape index (κ1) is 13.5. The summed E-state index contributed by atoms with van der Waals surface area (Å²) >= 11 is 0. The number of hydrogen-bond acceptors (Lipinski definition) is 3. The molecule has 0 aliphatic carbocycles. The van der Waals surface area contributed by atoms with E-state index in [0.29, 0.717) is 17.8 Å². The maximum Gasteiger partial charge on any atom is 0.251 e. The van der Waals surface area contributed by atoms with Gasteiger partial charge in [0.25, 0.3) is 5.91 Å². The van der Waals surface area contributed by atoms with Crippen LogP contribution in [0.4, 0.5) is 5.69 Å². The summed E-state index contributed by atoms with van der Waals surface area (Å²) in [7, 11) is 0. The van der Waals surface area contributed by atoms with Crippen LogP contribution in [0.1, 0.15) is 30.1 Å². The molecule has 0 bridgehead atoms. The molecule has 1 heterocycles. The van der Waals surface area contributed by atoms with E-state index in [1.54, 1.807) is 24.3 Å². The van der Waals surface area contributed by atoms with Crippen molar-refractivity contribution >= 4 is 17.5 Å². The van der Waals surface area contributed by atoms with Gasteiger partial charge < -0.3 is 16.0 Å². The summed E-state index contributed by atoms with van der Waals surface area (Å²) < 4.78 is 0. The van der Waals surface area contributed by atoms with Gasteiger partial charge in [-0.1, -0.05) is 6.07 Å². The maximum atomic E-state index is 11.9. The van der Waals surface area contributed by atoms with E-state index in [-0.39, 0.29) is 17.9 Å². The highest BCUT2D eigenvalue weighted by Gasteiger charge is 2.21. The molecule has 1 unspecified atom stereocenters. The molecule has 1 saturated heterocycles. The Morgan fingerprint density at radius 2 is 2.26 bits per heavy atom. The minimum Gasteiger partial charge on any atom is -0.352 e. The number of amides is 2. The van der Waals surface area contributed by atoms with Crippen molar-refractivity contribution < 1.29 is 9.59 Å². The fraction of sp³-hybridized carbons (Fsp3) is 0.429. The SMILES string of the molecule is CCNC(=O)c1cccc(NC(=O)C2CCCN2)c1. The molecule has 5 heteroatoms. The van der Waals surface area contributed by atoms with E-state index in [9.17, 15) is 9.59 Å². The minimum absolute atomic E-state index is 0.0365. The number of carbonyl (C=O) groups is 2. The van der Waals surface area contributed by atoms with E-state index in [0.717, 1.165) is 19.4 Å². The number of anilines is 1. The van der Waals surface area contributed by atoms with Crippen LogP contribution in [0.5, 0.6) is 0 Å². The molecule has 1 aromatic rings. The summed E-state index contributed by atoms with van der Waals surface area (Å²) in [5.41, 5.74) is 1.21. The molecule has 0 saturated carbocycles. The van der Waals surface area contributed by atoms with Crippen LogP contribution >= 0.6 is 0 Å². The normalized spacial score (nSPS) is 18.1. The standard InChI is InChI=1S/C14H19N3O2/c1-2-15-13(18)10-5-3-6-11(9-10)17-14(19)12-7-4-8-16-12/h3,5-6,9,12,16H,2,4,7-8H2,1H3,(H,15,18)(H,17,19). The lowest BCUT2D eigenvalue weighted by atomic mass is 10.1. The molecule has 3 N–H and O–H groups in total. The quantitative estimate of drug-likeness (QED) is 0.761. The van der Waals surface area contributed by atoms with E-state index >= 15 is 0 Å². The van der Waals surface area contributed by atoms with Gasteiger partial charge in [-0.2, -0.15) is 0 Å². The Kier molecular flexibility index (Phi) is 4.52. The zero-order valence-electron chi connectivity index (χ0n) is 11.0. The molecule has 5 nitrogen and oxygen atoms in total. The Morgan fingerprint density at radius 1 is 1.42 bits per heavy atom. The third-order valence-electron chi connectivity index (χ3n) is 3.11. The van der Waals surface area contributed by atoms with Gasteiger partial charge in [0.05, 0.1) is 6.04 Å². The van der Waals surface area contributed by atoms with Crippen molar-refractivity contribution in [3.63, 3.8) is 0 Å². The summed E-state index contributed by atoms with van der Waals surface area (Å²) in [4.78, 5) is 23.7. The molecule has 2 amide bonds. The molecule has 1 aliphatic rings. The van der Waals surface area contributed by atoms with Crippen LogP contribution in [0.2, 0.25) is 0 Å². The van der Waals surface area contributed by atoms with Crippen LogP contribution in [-0.2, 0) is 4.79 Å². The Balaban J connectivity index is 2.02. The lowest BCUT2D eigenvalue weighted by Crippen LogP contribution is -2.35. The van der Waals surface area contributed by atoms with E-state index in [1.807, 2.05) is 6.92 Å². The zero-order valence-corrected chi connectivity index (χ0v) is 11.0. The third kappa shape index (κ3) is 3.54. The van der Waals surface area contributed by atoms with Crippen molar-refractivity contribution in [1.29, 1.82) is 0 Å². The lowest BCUT2D eigenvalue weighted by Gasteiger charge is -2.11. The molecule has 1 aliphatic heterocycles. The van der Waals surface area contributed by atoms with E-state index in [4.69, 9.17) is 0 Å². The molecule has 0 aromatic heterocycles. The molecule has 1 aromatic carbocycles. The fourth-order valence-electron chi connectivity index (χ4n) is 2.14. The first-order chi connectivity index (χ1) is 9.20. The largest absolute Gasteiger partial charge is 0.352 e. The van der Waals surface area contributed by atoms with Crippen LogP contribution in [0.3, 0.4) is 0 Å². The predicted octanol–water partition coefficient (Wildman–Crippen LogP) is 1.13. The van der Waals surface area contributed by atoms with Gasteiger partial charge >= 0.3 is 0 Å². The van der Waals surface area contributed by atoms with Crippen molar-refractivity contribution in [3.05, 3.63) is 29.8 Å². The monoisotopic (exact) mass is 261 g/mol. The van der Waals surface area contributed by atoms with Crippen molar-refractivity contribution in [2.75, 3.05) is 18.4 Å². The van der Waals surface area contributed by atoms with Crippen molar-refractivity contribution in [2.24, 2.45) is 0 Å². The summed E-state index contributed by atoms with van der Waals surface area (Å²) in [6, 6.07) is 6.86. The van der Waals surface area contributed by atoms with Crippen LogP contribution in [-0.4, -0.2) is 30.9 Å². The maximum absolute atomic E-state index is 11.9. The Labute approximate surface area is 112 Å². The fourth-order valence-corrected chi connectivity index (χ4v) is 2.14. The Morgan fingerprint density at radius 3 is 2.95 bits per heavy atom. The van der Waals surface area contributed by atoms with Crippen molar-refractivity contribution in [2.45, 2.75) is 25.8 Å². The van der Waals surface area contributed by atoms with Gasteiger partial charge in [-0.3, -0.25) is 9.59 Å². The Bertz CT molecular complexity index is 468. The molecule has 102 valence electrons. The molecule has 1 fully saturated rings. The summed E-state index contributed by atoms with van der Waals surface area (Å²) in [5.74, 6) is -0.164. The van der Waals surface area contributed by atoms with Crippen molar-refractivity contribution in [1.82, 2.24) is 10.6 Å². The minimum atomic E-state index is -0.127. The van der Waals surface area contributed by atoms with E-state index in [2.05, 4.69) is 16.0 Å². The Hall–Kier alpha value is -1.88. The number of hydrogen-bond donors (Lipinski definition) is 3. The van der Waals surface area contributed by atoms with E-state index in [1.165, 1.54) is 0 Å². The number of benzene rings is 1. The zero-order chi connectivity index (χ0) is 13.7. The number of rotatable bonds is 4.